The van der Waals surface area contributed by atoms with Crippen LogP contribution in [0.15, 0.2) is 24.3 Å². The van der Waals surface area contributed by atoms with Gasteiger partial charge in [-0.15, -0.1) is 0 Å². The van der Waals surface area contributed by atoms with Gasteiger partial charge >= 0.3 is 0 Å². The quantitative estimate of drug-likeness (QED) is 0.833. The van der Waals surface area contributed by atoms with Gasteiger partial charge in [0.05, 0.1) is 11.3 Å². The number of anilines is 1. The SMILES string of the molecule is CC(C)CNC(=S)N(C)c1ccccc1C#N. The average Bonchev–Trinajstić information content (AvgIpc) is 2.34. The lowest BCUT2D eigenvalue weighted by Gasteiger charge is -2.22. The summed E-state index contributed by atoms with van der Waals surface area (Å²) < 4.78 is 0. The topological polar surface area (TPSA) is 39.1 Å². The number of nitrogens with one attached hydrogen (secondary N) is 1. The Balaban J connectivity index is 2.79. The second-order valence-electron chi connectivity index (χ2n) is 4.27. The Morgan fingerprint density at radius 2 is 2.12 bits per heavy atom. The predicted octanol–water partition coefficient (Wildman–Crippen LogP) is 2.52. The number of hydrogen-bond acceptors (Lipinski definition) is 2. The molecule has 90 valence electrons. The number of thiocarbonyl (C=S) groups is 1. The first-order chi connectivity index (χ1) is 8.06. The van der Waals surface area contributed by atoms with E-state index in [0.717, 1.165) is 12.2 Å². The van der Waals surface area contributed by atoms with Crippen LogP contribution in [0, 0.1) is 17.2 Å². The third-order valence-corrected chi connectivity index (χ3v) is 2.77. The summed E-state index contributed by atoms with van der Waals surface area (Å²) in [6.45, 7) is 5.08. The van der Waals surface area contributed by atoms with Crippen LogP contribution in [0.1, 0.15) is 19.4 Å². The molecule has 0 aromatic heterocycles. The highest BCUT2D eigenvalue weighted by atomic mass is 32.1. The minimum absolute atomic E-state index is 0.535. The number of para-hydroxylation sites is 1. The molecular formula is C13H17N3S. The van der Waals surface area contributed by atoms with E-state index in [1.54, 1.807) is 6.07 Å². The Bertz CT molecular complexity index is 435. The van der Waals surface area contributed by atoms with Crippen molar-refractivity contribution in [3.8, 4) is 6.07 Å². The predicted molar refractivity (Wildman–Crippen MR) is 75.0 cm³/mol. The Labute approximate surface area is 108 Å². The van der Waals surface area contributed by atoms with E-state index in [1.807, 2.05) is 30.1 Å². The van der Waals surface area contributed by atoms with E-state index in [4.69, 9.17) is 17.5 Å². The normalized spacial score (nSPS) is 9.82. The third-order valence-electron chi connectivity index (χ3n) is 2.35. The van der Waals surface area contributed by atoms with Crippen molar-refractivity contribution in [1.29, 1.82) is 5.26 Å². The van der Waals surface area contributed by atoms with Crippen LogP contribution in [0.25, 0.3) is 0 Å². The van der Waals surface area contributed by atoms with E-state index in [2.05, 4.69) is 25.2 Å². The van der Waals surface area contributed by atoms with Crippen LogP contribution in [0.3, 0.4) is 0 Å². The van der Waals surface area contributed by atoms with Gasteiger partial charge in [-0.05, 0) is 30.3 Å². The van der Waals surface area contributed by atoms with Crippen molar-refractivity contribution >= 4 is 23.0 Å². The lowest BCUT2D eigenvalue weighted by Crippen LogP contribution is -2.39. The van der Waals surface area contributed by atoms with Gasteiger partial charge in [0, 0.05) is 13.6 Å². The highest BCUT2D eigenvalue weighted by Crippen LogP contribution is 2.18. The number of benzene rings is 1. The molecule has 17 heavy (non-hydrogen) atoms. The number of rotatable bonds is 3. The molecule has 0 aliphatic rings. The van der Waals surface area contributed by atoms with Crippen LogP contribution in [-0.4, -0.2) is 18.7 Å². The van der Waals surface area contributed by atoms with E-state index in [1.165, 1.54) is 0 Å². The van der Waals surface area contributed by atoms with E-state index >= 15 is 0 Å². The second kappa shape index (κ2) is 6.21. The van der Waals surface area contributed by atoms with Crippen molar-refractivity contribution in [3.63, 3.8) is 0 Å². The van der Waals surface area contributed by atoms with Crippen LogP contribution >= 0.6 is 12.2 Å². The highest BCUT2D eigenvalue weighted by molar-refractivity contribution is 7.80. The molecule has 0 atom stereocenters. The number of nitrogens with zero attached hydrogens (tertiary/aromatic N) is 2. The molecule has 0 heterocycles. The van der Waals surface area contributed by atoms with Crippen LogP contribution in [0.2, 0.25) is 0 Å². The maximum Gasteiger partial charge on any atom is 0.173 e. The summed E-state index contributed by atoms with van der Waals surface area (Å²) in [7, 11) is 1.87. The standard InChI is InChI=1S/C13H17N3S/c1-10(2)9-15-13(17)16(3)12-7-5-4-6-11(12)8-14/h4-7,10H,9H2,1-3H3,(H,15,17). The first-order valence-corrected chi connectivity index (χ1v) is 5.97. The maximum atomic E-state index is 9.03. The van der Waals surface area contributed by atoms with Gasteiger partial charge < -0.3 is 10.2 Å². The Kier molecular flexibility index (Phi) is 4.92. The Morgan fingerprint density at radius 3 is 2.71 bits per heavy atom. The summed E-state index contributed by atoms with van der Waals surface area (Å²) in [6, 6.07) is 9.59. The van der Waals surface area contributed by atoms with Crippen LogP contribution in [0.5, 0.6) is 0 Å². The highest BCUT2D eigenvalue weighted by Gasteiger charge is 2.10. The van der Waals surface area contributed by atoms with Gasteiger partial charge in [0.15, 0.2) is 5.11 Å². The number of nitriles is 1. The molecule has 0 aliphatic heterocycles. The molecule has 0 saturated carbocycles. The fraction of sp³-hybridized carbons (Fsp3) is 0.385. The Morgan fingerprint density at radius 1 is 1.47 bits per heavy atom. The van der Waals surface area contributed by atoms with Gasteiger partial charge in [0.25, 0.3) is 0 Å². The van der Waals surface area contributed by atoms with Crippen molar-refractivity contribution in [1.82, 2.24) is 5.32 Å². The average molecular weight is 247 g/mol. The smallest absolute Gasteiger partial charge is 0.173 e. The minimum Gasteiger partial charge on any atom is -0.362 e. The van der Waals surface area contributed by atoms with Crippen molar-refractivity contribution in [2.75, 3.05) is 18.5 Å². The zero-order valence-corrected chi connectivity index (χ0v) is 11.2. The molecular weight excluding hydrogens is 230 g/mol. The monoisotopic (exact) mass is 247 g/mol. The second-order valence-corrected chi connectivity index (χ2v) is 4.65. The fourth-order valence-electron chi connectivity index (χ4n) is 1.38. The maximum absolute atomic E-state index is 9.03. The number of hydrogen-bond donors (Lipinski definition) is 1. The Hall–Kier alpha value is -1.60. The molecule has 0 unspecified atom stereocenters. The molecule has 1 aromatic rings. The van der Waals surface area contributed by atoms with E-state index in [-0.39, 0.29) is 0 Å². The van der Waals surface area contributed by atoms with Gasteiger partial charge in [-0.1, -0.05) is 26.0 Å². The molecule has 0 fully saturated rings. The van der Waals surface area contributed by atoms with Gasteiger partial charge in [-0.3, -0.25) is 0 Å². The molecule has 1 N–H and O–H groups in total. The molecule has 1 aromatic carbocycles. The van der Waals surface area contributed by atoms with Gasteiger partial charge in [-0.2, -0.15) is 5.26 Å². The molecule has 0 spiro atoms. The van der Waals surface area contributed by atoms with E-state index < -0.39 is 0 Å². The minimum atomic E-state index is 0.535. The fourth-order valence-corrected chi connectivity index (χ4v) is 1.56. The summed E-state index contributed by atoms with van der Waals surface area (Å²) >= 11 is 5.29. The molecule has 0 amide bonds. The molecule has 0 aliphatic carbocycles. The summed E-state index contributed by atoms with van der Waals surface area (Å²) in [4.78, 5) is 1.83. The summed E-state index contributed by atoms with van der Waals surface area (Å²) in [5, 5.41) is 12.8. The lowest BCUT2D eigenvalue weighted by molar-refractivity contribution is 0.625. The van der Waals surface area contributed by atoms with E-state index in [9.17, 15) is 0 Å². The first-order valence-electron chi connectivity index (χ1n) is 5.57. The molecule has 0 bridgehead atoms. The molecule has 0 radical (unpaired) electrons. The van der Waals surface area contributed by atoms with E-state index in [0.29, 0.717) is 16.6 Å². The van der Waals surface area contributed by atoms with Crippen molar-refractivity contribution in [3.05, 3.63) is 29.8 Å². The third kappa shape index (κ3) is 3.72. The van der Waals surface area contributed by atoms with Gasteiger partial charge in [0.2, 0.25) is 0 Å². The van der Waals surface area contributed by atoms with Crippen LogP contribution in [-0.2, 0) is 0 Å². The van der Waals surface area contributed by atoms with Crippen molar-refractivity contribution in [2.45, 2.75) is 13.8 Å². The molecule has 1 rings (SSSR count). The van der Waals surface area contributed by atoms with Crippen molar-refractivity contribution in [2.24, 2.45) is 5.92 Å². The lowest BCUT2D eigenvalue weighted by atomic mass is 10.2. The van der Waals surface area contributed by atoms with Gasteiger partial charge in [0.1, 0.15) is 6.07 Å². The molecule has 0 saturated heterocycles. The van der Waals surface area contributed by atoms with Crippen molar-refractivity contribution < 1.29 is 0 Å². The van der Waals surface area contributed by atoms with Crippen LogP contribution in [0.4, 0.5) is 5.69 Å². The first kappa shape index (κ1) is 13.5. The molecule has 4 heteroatoms. The zero-order chi connectivity index (χ0) is 12.8. The largest absolute Gasteiger partial charge is 0.362 e. The zero-order valence-electron chi connectivity index (χ0n) is 10.4. The summed E-state index contributed by atoms with van der Waals surface area (Å²) in [5.41, 5.74) is 1.46. The molecule has 3 nitrogen and oxygen atoms in total. The van der Waals surface area contributed by atoms with Gasteiger partial charge in [-0.25, -0.2) is 0 Å². The summed E-state index contributed by atoms with van der Waals surface area (Å²) in [5.74, 6) is 0.535. The van der Waals surface area contributed by atoms with Crippen LogP contribution < -0.4 is 10.2 Å². The summed E-state index contributed by atoms with van der Waals surface area (Å²) in [6.07, 6.45) is 0.